The lowest BCUT2D eigenvalue weighted by molar-refractivity contribution is -0.120. The SMILES string of the molecule is CC(C)c1ccccc1N(CC(=O)NC1CCCCCC1)S(C)(=O)=O. The summed E-state index contributed by atoms with van der Waals surface area (Å²) in [6.45, 7) is 3.87. The number of anilines is 1. The quantitative estimate of drug-likeness (QED) is 0.785. The van der Waals surface area contributed by atoms with Gasteiger partial charge in [-0.05, 0) is 30.4 Å². The van der Waals surface area contributed by atoms with E-state index in [0.717, 1.165) is 37.5 Å². The molecule has 0 heterocycles. The molecule has 0 atom stereocenters. The van der Waals surface area contributed by atoms with Crippen molar-refractivity contribution >= 4 is 21.6 Å². The minimum Gasteiger partial charge on any atom is -0.352 e. The van der Waals surface area contributed by atoms with Gasteiger partial charge < -0.3 is 5.32 Å². The van der Waals surface area contributed by atoms with Crippen molar-refractivity contribution in [1.82, 2.24) is 5.32 Å². The van der Waals surface area contributed by atoms with Crippen molar-refractivity contribution in [2.24, 2.45) is 0 Å². The molecule has 1 aromatic rings. The average molecular weight is 367 g/mol. The number of nitrogens with zero attached hydrogens (tertiary/aromatic N) is 1. The van der Waals surface area contributed by atoms with Crippen molar-refractivity contribution in [3.05, 3.63) is 29.8 Å². The Morgan fingerprint density at radius 2 is 1.76 bits per heavy atom. The van der Waals surface area contributed by atoms with Gasteiger partial charge in [0.15, 0.2) is 0 Å². The molecule has 0 saturated heterocycles. The first kappa shape index (κ1) is 19.8. The number of sulfonamides is 1. The van der Waals surface area contributed by atoms with Crippen molar-refractivity contribution in [3.63, 3.8) is 0 Å². The summed E-state index contributed by atoms with van der Waals surface area (Å²) >= 11 is 0. The fraction of sp³-hybridized carbons (Fsp3) is 0.632. The van der Waals surface area contributed by atoms with Crippen LogP contribution in [-0.4, -0.2) is 33.2 Å². The number of nitrogens with one attached hydrogen (secondary N) is 1. The van der Waals surface area contributed by atoms with Gasteiger partial charge in [0.05, 0.1) is 11.9 Å². The summed E-state index contributed by atoms with van der Waals surface area (Å²) in [6, 6.07) is 7.56. The predicted octanol–water partition coefficient (Wildman–Crippen LogP) is 3.42. The summed E-state index contributed by atoms with van der Waals surface area (Å²) < 4.78 is 25.9. The van der Waals surface area contributed by atoms with Crippen LogP contribution in [0.15, 0.2) is 24.3 Å². The molecule has 0 radical (unpaired) electrons. The second kappa shape index (κ2) is 8.70. The van der Waals surface area contributed by atoms with Crippen molar-refractivity contribution in [2.75, 3.05) is 17.1 Å². The van der Waals surface area contributed by atoms with Crippen LogP contribution in [0.1, 0.15) is 63.9 Å². The zero-order valence-electron chi connectivity index (χ0n) is 15.5. The zero-order valence-corrected chi connectivity index (χ0v) is 16.3. The predicted molar refractivity (Wildman–Crippen MR) is 102 cm³/mol. The van der Waals surface area contributed by atoms with E-state index < -0.39 is 10.0 Å². The summed E-state index contributed by atoms with van der Waals surface area (Å²) in [4.78, 5) is 12.5. The smallest absolute Gasteiger partial charge is 0.240 e. The molecule has 1 N–H and O–H groups in total. The second-order valence-electron chi connectivity index (χ2n) is 7.24. The Kier molecular flexibility index (Phi) is 6.87. The summed E-state index contributed by atoms with van der Waals surface area (Å²) in [5, 5.41) is 3.03. The number of para-hydroxylation sites is 1. The summed E-state index contributed by atoms with van der Waals surface area (Å²) in [7, 11) is -3.54. The van der Waals surface area contributed by atoms with Crippen molar-refractivity contribution in [3.8, 4) is 0 Å². The normalized spacial score (nSPS) is 16.5. The third-order valence-electron chi connectivity index (χ3n) is 4.74. The van der Waals surface area contributed by atoms with Gasteiger partial charge in [0.1, 0.15) is 6.54 Å². The first-order chi connectivity index (χ1) is 11.8. The molecule has 140 valence electrons. The van der Waals surface area contributed by atoms with Gasteiger partial charge in [0.2, 0.25) is 15.9 Å². The van der Waals surface area contributed by atoms with Crippen LogP contribution in [0, 0.1) is 0 Å². The van der Waals surface area contributed by atoms with Gasteiger partial charge in [0.25, 0.3) is 0 Å². The van der Waals surface area contributed by atoms with Crippen LogP contribution in [0.3, 0.4) is 0 Å². The van der Waals surface area contributed by atoms with Crippen LogP contribution >= 0.6 is 0 Å². The van der Waals surface area contributed by atoms with E-state index in [2.05, 4.69) is 5.32 Å². The molecule has 0 unspecified atom stereocenters. The Morgan fingerprint density at radius 3 is 2.32 bits per heavy atom. The van der Waals surface area contributed by atoms with Crippen LogP contribution in [0.2, 0.25) is 0 Å². The van der Waals surface area contributed by atoms with E-state index in [4.69, 9.17) is 0 Å². The van der Waals surface area contributed by atoms with Gasteiger partial charge >= 0.3 is 0 Å². The van der Waals surface area contributed by atoms with Crippen molar-refractivity contribution in [2.45, 2.75) is 64.3 Å². The van der Waals surface area contributed by atoms with Crippen LogP contribution in [0.4, 0.5) is 5.69 Å². The number of hydrogen-bond donors (Lipinski definition) is 1. The van der Waals surface area contributed by atoms with E-state index in [1.165, 1.54) is 17.1 Å². The fourth-order valence-corrected chi connectivity index (χ4v) is 4.29. The van der Waals surface area contributed by atoms with Crippen molar-refractivity contribution in [1.29, 1.82) is 0 Å². The number of carbonyl (C=O) groups is 1. The van der Waals surface area contributed by atoms with Gasteiger partial charge in [-0.15, -0.1) is 0 Å². The first-order valence-corrected chi connectivity index (χ1v) is 11.0. The molecule has 0 aromatic heterocycles. The molecule has 1 saturated carbocycles. The zero-order chi connectivity index (χ0) is 18.4. The van der Waals surface area contributed by atoms with E-state index in [1.54, 1.807) is 6.07 Å². The molecule has 1 aliphatic carbocycles. The van der Waals surface area contributed by atoms with E-state index in [0.29, 0.717) is 5.69 Å². The largest absolute Gasteiger partial charge is 0.352 e. The monoisotopic (exact) mass is 366 g/mol. The highest BCUT2D eigenvalue weighted by Gasteiger charge is 2.25. The molecular formula is C19H30N2O3S. The van der Waals surface area contributed by atoms with E-state index in [-0.39, 0.29) is 24.4 Å². The van der Waals surface area contributed by atoms with E-state index in [9.17, 15) is 13.2 Å². The molecule has 0 aliphatic heterocycles. The molecule has 1 amide bonds. The maximum Gasteiger partial charge on any atom is 0.240 e. The molecule has 1 aromatic carbocycles. The number of amides is 1. The maximum absolute atomic E-state index is 12.5. The number of hydrogen-bond acceptors (Lipinski definition) is 3. The van der Waals surface area contributed by atoms with Crippen LogP contribution < -0.4 is 9.62 Å². The highest BCUT2D eigenvalue weighted by atomic mass is 32.2. The highest BCUT2D eigenvalue weighted by molar-refractivity contribution is 7.92. The molecule has 0 spiro atoms. The van der Waals surface area contributed by atoms with Gasteiger partial charge in [-0.25, -0.2) is 8.42 Å². The van der Waals surface area contributed by atoms with Crippen LogP contribution in [0.5, 0.6) is 0 Å². The number of benzene rings is 1. The summed E-state index contributed by atoms with van der Waals surface area (Å²) in [5.41, 5.74) is 1.52. The lowest BCUT2D eigenvalue weighted by Gasteiger charge is -2.26. The average Bonchev–Trinajstić information content (AvgIpc) is 2.80. The molecule has 2 rings (SSSR count). The molecule has 6 heteroatoms. The molecule has 1 fully saturated rings. The van der Waals surface area contributed by atoms with E-state index >= 15 is 0 Å². The van der Waals surface area contributed by atoms with Gasteiger partial charge in [-0.3, -0.25) is 9.10 Å². The molecule has 25 heavy (non-hydrogen) atoms. The summed E-state index contributed by atoms with van der Waals surface area (Å²) in [5.74, 6) is -0.0544. The van der Waals surface area contributed by atoms with Crippen molar-refractivity contribution < 1.29 is 13.2 Å². The topological polar surface area (TPSA) is 66.5 Å². The molecule has 1 aliphatic rings. The molecule has 5 nitrogen and oxygen atoms in total. The maximum atomic E-state index is 12.5. The molecule has 0 bridgehead atoms. The standard InChI is InChI=1S/C19H30N2O3S/c1-15(2)17-12-8-9-13-18(17)21(25(3,23)24)14-19(22)20-16-10-6-4-5-7-11-16/h8-9,12-13,15-16H,4-7,10-11,14H2,1-3H3,(H,20,22). The lowest BCUT2D eigenvalue weighted by atomic mass is 10.0. The number of rotatable bonds is 6. The Bertz CT molecular complexity index is 678. The summed E-state index contributed by atoms with van der Waals surface area (Å²) in [6.07, 6.45) is 7.78. The third-order valence-corrected chi connectivity index (χ3v) is 5.86. The Balaban J connectivity index is 2.17. The van der Waals surface area contributed by atoms with Gasteiger partial charge in [0, 0.05) is 6.04 Å². The number of carbonyl (C=O) groups excluding carboxylic acids is 1. The minimum atomic E-state index is -3.54. The Morgan fingerprint density at radius 1 is 1.16 bits per heavy atom. The van der Waals surface area contributed by atoms with Crippen LogP contribution in [-0.2, 0) is 14.8 Å². The van der Waals surface area contributed by atoms with E-state index in [1.807, 2.05) is 32.0 Å². The highest BCUT2D eigenvalue weighted by Crippen LogP contribution is 2.28. The second-order valence-corrected chi connectivity index (χ2v) is 9.15. The van der Waals surface area contributed by atoms with Gasteiger partial charge in [-0.2, -0.15) is 0 Å². The van der Waals surface area contributed by atoms with Crippen LogP contribution in [0.25, 0.3) is 0 Å². The Labute approximate surface area is 151 Å². The Hall–Kier alpha value is -1.56. The minimum absolute atomic E-state index is 0.164. The lowest BCUT2D eigenvalue weighted by Crippen LogP contribution is -2.44. The first-order valence-electron chi connectivity index (χ1n) is 9.15. The van der Waals surface area contributed by atoms with Gasteiger partial charge in [-0.1, -0.05) is 57.7 Å². The third kappa shape index (κ3) is 5.73. The molecular weight excluding hydrogens is 336 g/mol. The fourth-order valence-electron chi connectivity index (χ4n) is 3.41.